The summed E-state index contributed by atoms with van der Waals surface area (Å²) in [4.78, 5) is 78.3. The molecule has 0 aliphatic carbocycles. The van der Waals surface area contributed by atoms with Gasteiger partial charge >= 0.3 is 5.97 Å². The van der Waals surface area contributed by atoms with Crippen molar-refractivity contribution >= 4 is 35.5 Å². The average Bonchev–Trinajstić information content (AvgIpc) is 3.47. The summed E-state index contributed by atoms with van der Waals surface area (Å²) in [7, 11) is 0. The SMILES string of the molecule is CC(C)C[C@H](NC(=O)[C@H](CCCNC(=O)[C@H]1CCCN1)NC(=O)c1ccccn1)C(=O)N[C@@H](CCC(=O)O)C(N)=O. The van der Waals surface area contributed by atoms with Crippen LogP contribution in [0.3, 0.4) is 0 Å². The molecule has 1 aliphatic rings. The summed E-state index contributed by atoms with van der Waals surface area (Å²) < 4.78 is 0. The molecule has 2 heterocycles. The number of carbonyl (C=O) groups excluding carboxylic acids is 5. The largest absolute Gasteiger partial charge is 0.481 e. The zero-order chi connectivity index (χ0) is 30.4. The van der Waals surface area contributed by atoms with Crippen LogP contribution in [0, 0.1) is 5.92 Å². The van der Waals surface area contributed by atoms with Gasteiger partial charge in [0, 0.05) is 19.2 Å². The highest BCUT2D eigenvalue weighted by atomic mass is 16.4. The predicted octanol–water partition coefficient (Wildman–Crippen LogP) is -0.806. The first-order valence-electron chi connectivity index (χ1n) is 13.8. The number of hydrogen-bond acceptors (Lipinski definition) is 8. The Bertz CT molecular complexity index is 1060. The third-order valence-corrected chi connectivity index (χ3v) is 6.51. The Morgan fingerprint density at radius 2 is 1.73 bits per heavy atom. The van der Waals surface area contributed by atoms with Crippen LogP contribution in [-0.2, 0) is 24.0 Å². The maximum absolute atomic E-state index is 13.4. The molecule has 14 heteroatoms. The highest BCUT2D eigenvalue weighted by Crippen LogP contribution is 2.09. The first kappa shape index (κ1) is 33.1. The van der Waals surface area contributed by atoms with Crippen LogP contribution in [0.15, 0.2) is 24.4 Å². The molecule has 14 nitrogen and oxygen atoms in total. The molecule has 5 amide bonds. The van der Waals surface area contributed by atoms with Gasteiger partial charge in [0.2, 0.25) is 23.6 Å². The molecule has 0 aromatic carbocycles. The number of amides is 5. The quantitative estimate of drug-likeness (QED) is 0.115. The van der Waals surface area contributed by atoms with Crippen molar-refractivity contribution in [3.8, 4) is 0 Å². The van der Waals surface area contributed by atoms with Gasteiger partial charge < -0.3 is 37.4 Å². The molecule has 0 radical (unpaired) electrons. The summed E-state index contributed by atoms with van der Waals surface area (Å²) in [6.07, 6.45) is 3.24. The number of aromatic nitrogens is 1. The van der Waals surface area contributed by atoms with E-state index in [1.54, 1.807) is 12.1 Å². The third-order valence-electron chi connectivity index (χ3n) is 6.51. The maximum atomic E-state index is 13.4. The smallest absolute Gasteiger partial charge is 0.303 e. The Morgan fingerprint density at radius 1 is 1.02 bits per heavy atom. The highest BCUT2D eigenvalue weighted by molar-refractivity contribution is 5.97. The van der Waals surface area contributed by atoms with Crippen molar-refractivity contribution in [2.24, 2.45) is 11.7 Å². The average molecular weight is 576 g/mol. The number of rotatable bonds is 17. The van der Waals surface area contributed by atoms with Gasteiger partial charge in [0.05, 0.1) is 6.04 Å². The standard InChI is InChI=1S/C27H41N7O7/c1-16(2)15-21(27(41)32-17(23(28)37)10-11-22(35)36)34-26(40)20(33-25(39)19-7-3-4-12-29-19)9-6-14-31-24(38)18-8-5-13-30-18/h3-4,7,12,16-18,20-21,30H,5-6,8-11,13-15H2,1-2H3,(H2,28,37)(H,31,38)(H,32,41)(H,33,39)(H,34,40)(H,35,36)/t17-,18+,20-,21-/m0/s1. The molecule has 4 atom stereocenters. The van der Waals surface area contributed by atoms with Crippen LogP contribution in [0.25, 0.3) is 0 Å². The third kappa shape index (κ3) is 11.9. The Kier molecular flexibility index (Phi) is 13.7. The molecule has 226 valence electrons. The van der Waals surface area contributed by atoms with Gasteiger partial charge in [0.25, 0.3) is 5.91 Å². The summed E-state index contributed by atoms with van der Waals surface area (Å²) in [5.41, 5.74) is 5.44. The molecule has 1 aliphatic heterocycles. The molecular weight excluding hydrogens is 534 g/mol. The van der Waals surface area contributed by atoms with Gasteiger partial charge in [-0.25, -0.2) is 0 Å². The summed E-state index contributed by atoms with van der Waals surface area (Å²) in [6, 6.07) is 1.15. The highest BCUT2D eigenvalue weighted by Gasteiger charge is 2.30. The van der Waals surface area contributed by atoms with Gasteiger partial charge in [-0.15, -0.1) is 0 Å². The second-order valence-electron chi connectivity index (χ2n) is 10.4. The van der Waals surface area contributed by atoms with Crippen molar-refractivity contribution in [2.45, 2.75) is 83.0 Å². The molecule has 1 aromatic heterocycles. The van der Waals surface area contributed by atoms with Gasteiger partial charge in [-0.1, -0.05) is 19.9 Å². The molecular formula is C27H41N7O7. The van der Waals surface area contributed by atoms with Crippen molar-refractivity contribution < 1.29 is 33.9 Å². The van der Waals surface area contributed by atoms with Crippen molar-refractivity contribution in [3.63, 3.8) is 0 Å². The fourth-order valence-corrected chi connectivity index (χ4v) is 4.35. The maximum Gasteiger partial charge on any atom is 0.303 e. The summed E-state index contributed by atoms with van der Waals surface area (Å²) in [5, 5.41) is 22.6. The number of primary amides is 1. The normalized spacial score (nSPS) is 16.7. The van der Waals surface area contributed by atoms with Crippen LogP contribution in [0.4, 0.5) is 0 Å². The molecule has 0 spiro atoms. The minimum Gasteiger partial charge on any atom is -0.481 e. The number of nitrogens with two attached hydrogens (primary N) is 1. The second-order valence-corrected chi connectivity index (χ2v) is 10.4. The second kappa shape index (κ2) is 16.9. The van der Waals surface area contributed by atoms with E-state index in [4.69, 9.17) is 10.8 Å². The van der Waals surface area contributed by atoms with Crippen LogP contribution in [0.2, 0.25) is 0 Å². The lowest BCUT2D eigenvalue weighted by atomic mass is 10.0. The monoisotopic (exact) mass is 575 g/mol. The van der Waals surface area contributed by atoms with Gasteiger partial charge in [-0.05, 0) is 63.1 Å². The molecule has 1 aromatic rings. The number of hydrogen-bond donors (Lipinski definition) is 7. The van der Waals surface area contributed by atoms with E-state index in [1.165, 1.54) is 12.3 Å². The van der Waals surface area contributed by atoms with E-state index in [-0.39, 0.29) is 55.8 Å². The van der Waals surface area contributed by atoms with Crippen LogP contribution < -0.4 is 32.3 Å². The number of carboxylic acid groups (broad SMARTS) is 1. The van der Waals surface area contributed by atoms with E-state index in [0.29, 0.717) is 6.42 Å². The van der Waals surface area contributed by atoms with Crippen molar-refractivity contribution in [3.05, 3.63) is 30.1 Å². The zero-order valence-electron chi connectivity index (χ0n) is 23.5. The number of nitrogens with one attached hydrogen (secondary N) is 5. The van der Waals surface area contributed by atoms with Crippen molar-refractivity contribution in [1.82, 2.24) is 31.6 Å². The van der Waals surface area contributed by atoms with Gasteiger partial charge in [0.1, 0.15) is 23.8 Å². The zero-order valence-corrected chi connectivity index (χ0v) is 23.5. The van der Waals surface area contributed by atoms with Crippen LogP contribution >= 0.6 is 0 Å². The van der Waals surface area contributed by atoms with Crippen molar-refractivity contribution in [1.29, 1.82) is 0 Å². The Hall–Kier alpha value is -4.07. The van der Waals surface area contributed by atoms with E-state index >= 15 is 0 Å². The van der Waals surface area contributed by atoms with E-state index in [9.17, 15) is 28.8 Å². The lowest BCUT2D eigenvalue weighted by molar-refractivity contribution is -0.138. The van der Waals surface area contributed by atoms with E-state index in [2.05, 4.69) is 31.6 Å². The number of pyridine rings is 1. The van der Waals surface area contributed by atoms with E-state index in [1.807, 2.05) is 13.8 Å². The number of nitrogens with zero attached hydrogens (tertiary/aromatic N) is 1. The number of carbonyl (C=O) groups is 6. The van der Waals surface area contributed by atoms with Gasteiger partial charge in [-0.3, -0.25) is 33.8 Å². The lowest BCUT2D eigenvalue weighted by Crippen LogP contribution is -2.56. The van der Waals surface area contributed by atoms with Gasteiger partial charge in [0.15, 0.2) is 0 Å². The fraction of sp³-hybridized carbons (Fsp3) is 0.593. The first-order chi connectivity index (χ1) is 19.5. The van der Waals surface area contributed by atoms with Gasteiger partial charge in [-0.2, -0.15) is 0 Å². The summed E-state index contributed by atoms with van der Waals surface area (Å²) >= 11 is 0. The lowest BCUT2D eigenvalue weighted by Gasteiger charge is -2.25. The molecule has 1 saturated heterocycles. The number of aliphatic carboxylic acids is 1. The van der Waals surface area contributed by atoms with Crippen LogP contribution in [-0.4, -0.2) is 82.9 Å². The molecule has 8 N–H and O–H groups in total. The minimum atomic E-state index is -1.23. The minimum absolute atomic E-state index is 0.0435. The van der Waals surface area contributed by atoms with Crippen LogP contribution in [0.1, 0.15) is 69.3 Å². The summed E-state index contributed by atoms with van der Waals surface area (Å²) in [5.74, 6) is -4.14. The molecule has 1 fully saturated rings. The molecule has 0 saturated carbocycles. The molecule has 0 bridgehead atoms. The predicted molar refractivity (Wildman–Crippen MR) is 148 cm³/mol. The number of carboxylic acids is 1. The molecule has 41 heavy (non-hydrogen) atoms. The van der Waals surface area contributed by atoms with Crippen molar-refractivity contribution in [2.75, 3.05) is 13.1 Å². The van der Waals surface area contributed by atoms with Crippen LogP contribution in [0.5, 0.6) is 0 Å². The Morgan fingerprint density at radius 3 is 2.32 bits per heavy atom. The van der Waals surface area contributed by atoms with E-state index < -0.39 is 47.7 Å². The fourth-order valence-electron chi connectivity index (χ4n) is 4.35. The molecule has 2 rings (SSSR count). The first-order valence-corrected chi connectivity index (χ1v) is 13.8. The Balaban J connectivity index is 2.10. The summed E-state index contributed by atoms with van der Waals surface area (Å²) in [6.45, 7) is 4.74. The topological polar surface area (TPSA) is 222 Å². The molecule has 0 unspecified atom stereocenters. The Labute approximate surface area is 239 Å². The van der Waals surface area contributed by atoms with E-state index in [0.717, 1.165) is 19.4 Å².